The lowest BCUT2D eigenvalue weighted by Crippen LogP contribution is -2.37. The number of alkyl halides is 3. The van der Waals surface area contributed by atoms with E-state index in [2.05, 4.69) is 10.2 Å². The maximum Gasteiger partial charge on any atom is 0.416 e. The molecule has 2 rings (SSSR count). The summed E-state index contributed by atoms with van der Waals surface area (Å²) < 4.78 is 38.7. The SMILES string of the molecule is O=C(Cc1ccccc1C(F)(F)F)NCCCN1CCC(O)CC1. The smallest absolute Gasteiger partial charge is 0.393 e. The molecule has 1 saturated heterocycles. The molecule has 0 radical (unpaired) electrons. The highest BCUT2D eigenvalue weighted by molar-refractivity contribution is 5.78. The van der Waals surface area contributed by atoms with Gasteiger partial charge in [-0.05, 0) is 37.4 Å². The van der Waals surface area contributed by atoms with Gasteiger partial charge < -0.3 is 15.3 Å². The summed E-state index contributed by atoms with van der Waals surface area (Å²) in [5, 5.41) is 12.1. The molecule has 1 aliphatic rings. The van der Waals surface area contributed by atoms with Crippen LogP contribution >= 0.6 is 0 Å². The Morgan fingerprint density at radius 2 is 1.92 bits per heavy atom. The largest absolute Gasteiger partial charge is 0.416 e. The van der Waals surface area contributed by atoms with E-state index in [0.717, 1.165) is 45.0 Å². The number of hydrogen-bond donors (Lipinski definition) is 2. The first kappa shape index (κ1) is 18.7. The van der Waals surface area contributed by atoms with E-state index >= 15 is 0 Å². The maximum atomic E-state index is 12.9. The molecule has 0 unspecified atom stereocenters. The molecule has 0 aromatic heterocycles. The van der Waals surface area contributed by atoms with E-state index in [1.807, 2.05) is 0 Å². The first-order valence-electron chi connectivity index (χ1n) is 8.18. The molecular weight excluding hydrogens is 321 g/mol. The highest BCUT2D eigenvalue weighted by Crippen LogP contribution is 2.31. The Labute approximate surface area is 139 Å². The van der Waals surface area contributed by atoms with Crippen molar-refractivity contribution < 1.29 is 23.1 Å². The van der Waals surface area contributed by atoms with Crippen LogP contribution in [0.5, 0.6) is 0 Å². The first-order valence-corrected chi connectivity index (χ1v) is 8.18. The molecule has 24 heavy (non-hydrogen) atoms. The number of carbonyl (C=O) groups excluding carboxylic acids is 1. The van der Waals surface area contributed by atoms with Gasteiger partial charge in [-0.15, -0.1) is 0 Å². The average molecular weight is 344 g/mol. The standard InChI is InChI=1S/C17H23F3N2O2/c18-17(19,20)15-5-2-1-4-13(15)12-16(24)21-8-3-9-22-10-6-14(23)7-11-22/h1-2,4-5,14,23H,3,6-12H2,(H,21,24). The van der Waals surface area contributed by atoms with Gasteiger partial charge in [0.05, 0.1) is 18.1 Å². The number of aliphatic hydroxyl groups is 1. The highest BCUT2D eigenvalue weighted by atomic mass is 19.4. The van der Waals surface area contributed by atoms with E-state index in [1.165, 1.54) is 18.2 Å². The first-order chi connectivity index (χ1) is 11.4. The van der Waals surface area contributed by atoms with Crippen LogP contribution in [0.1, 0.15) is 30.4 Å². The normalized spacial score (nSPS) is 17.0. The number of carbonyl (C=O) groups is 1. The number of benzene rings is 1. The van der Waals surface area contributed by atoms with Crippen molar-refractivity contribution in [2.24, 2.45) is 0 Å². The van der Waals surface area contributed by atoms with Crippen molar-refractivity contribution >= 4 is 5.91 Å². The second-order valence-corrected chi connectivity index (χ2v) is 6.11. The number of rotatable bonds is 6. The Kier molecular flexibility index (Phi) is 6.62. The predicted molar refractivity (Wildman–Crippen MR) is 84.5 cm³/mol. The van der Waals surface area contributed by atoms with Gasteiger partial charge >= 0.3 is 6.18 Å². The van der Waals surface area contributed by atoms with E-state index < -0.39 is 17.6 Å². The molecule has 1 amide bonds. The average Bonchev–Trinajstić information content (AvgIpc) is 2.53. The molecule has 0 saturated carbocycles. The van der Waals surface area contributed by atoms with Gasteiger partial charge in [0.25, 0.3) is 0 Å². The highest BCUT2D eigenvalue weighted by Gasteiger charge is 2.33. The second-order valence-electron chi connectivity index (χ2n) is 6.11. The van der Waals surface area contributed by atoms with Gasteiger partial charge in [0.15, 0.2) is 0 Å². The van der Waals surface area contributed by atoms with Crippen LogP contribution < -0.4 is 5.32 Å². The summed E-state index contributed by atoms with van der Waals surface area (Å²) >= 11 is 0. The van der Waals surface area contributed by atoms with Crippen molar-refractivity contribution in [3.63, 3.8) is 0 Å². The zero-order valence-electron chi connectivity index (χ0n) is 13.5. The minimum Gasteiger partial charge on any atom is -0.393 e. The molecule has 1 aromatic carbocycles. The third-order valence-electron chi connectivity index (χ3n) is 4.20. The summed E-state index contributed by atoms with van der Waals surface area (Å²) in [6.07, 6.45) is -2.67. The fourth-order valence-corrected chi connectivity index (χ4v) is 2.86. The Morgan fingerprint density at radius 1 is 1.25 bits per heavy atom. The van der Waals surface area contributed by atoms with E-state index in [1.54, 1.807) is 0 Å². The summed E-state index contributed by atoms with van der Waals surface area (Å²) in [5.41, 5.74) is -0.764. The van der Waals surface area contributed by atoms with Gasteiger partial charge in [-0.1, -0.05) is 18.2 Å². The zero-order valence-corrected chi connectivity index (χ0v) is 13.5. The van der Waals surface area contributed by atoms with Crippen molar-refractivity contribution in [2.45, 2.75) is 38.0 Å². The summed E-state index contributed by atoms with van der Waals surface area (Å²) in [4.78, 5) is 14.1. The third kappa shape index (κ3) is 5.79. The number of halogens is 3. The monoisotopic (exact) mass is 344 g/mol. The Bertz CT molecular complexity index is 541. The second kappa shape index (κ2) is 8.48. The number of nitrogens with zero attached hydrogens (tertiary/aromatic N) is 1. The fraction of sp³-hybridized carbons (Fsp3) is 0.588. The number of piperidine rings is 1. The Hall–Kier alpha value is -1.60. The van der Waals surface area contributed by atoms with Crippen LogP contribution in [-0.2, 0) is 17.4 Å². The number of aliphatic hydroxyl groups excluding tert-OH is 1. The molecule has 7 heteroatoms. The molecule has 2 N–H and O–H groups in total. The minimum atomic E-state index is -4.45. The van der Waals surface area contributed by atoms with E-state index in [9.17, 15) is 23.1 Å². The quantitative estimate of drug-likeness (QED) is 0.778. The van der Waals surface area contributed by atoms with Crippen LogP contribution in [0.3, 0.4) is 0 Å². The van der Waals surface area contributed by atoms with Gasteiger partial charge in [0.2, 0.25) is 5.91 Å². The molecular formula is C17H23F3N2O2. The van der Waals surface area contributed by atoms with Crippen LogP contribution in [0.25, 0.3) is 0 Å². The number of likely N-dealkylation sites (tertiary alicyclic amines) is 1. The summed E-state index contributed by atoms with van der Waals surface area (Å²) in [5.74, 6) is -0.402. The maximum absolute atomic E-state index is 12.9. The third-order valence-corrected chi connectivity index (χ3v) is 4.20. The number of hydrogen-bond acceptors (Lipinski definition) is 3. The molecule has 0 bridgehead atoms. The Morgan fingerprint density at radius 3 is 2.58 bits per heavy atom. The molecule has 1 aromatic rings. The molecule has 0 spiro atoms. The molecule has 1 aliphatic heterocycles. The lowest BCUT2D eigenvalue weighted by Gasteiger charge is -2.29. The topological polar surface area (TPSA) is 52.6 Å². The van der Waals surface area contributed by atoms with Crippen molar-refractivity contribution in [3.05, 3.63) is 35.4 Å². The van der Waals surface area contributed by atoms with Crippen molar-refractivity contribution in [3.8, 4) is 0 Å². The molecule has 134 valence electrons. The van der Waals surface area contributed by atoms with Crippen LogP contribution in [-0.4, -0.2) is 48.2 Å². The lowest BCUT2D eigenvalue weighted by molar-refractivity contribution is -0.138. The molecule has 4 nitrogen and oxygen atoms in total. The van der Waals surface area contributed by atoms with Crippen LogP contribution in [0.4, 0.5) is 13.2 Å². The van der Waals surface area contributed by atoms with Gasteiger partial charge in [-0.25, -0.2) is 0 Å². The van der Waals surface area contributed by atoms with Gasteiger partial charge in [-0.2, -0.15) is 13.2 Å². The summed E-state index contributed by atoms with van der Waals surface area (Å²) in [6, 6.07) is 5.15. The number of amides is 1. The lowest BCUT2D eigenvalue weighted by atomic mass is 10.0. The molecule has 1 heterocycles. The Balaban J connectivity index is 1.72. The van der Waals surface area contributed by atoms with E-state index in [0.29, 0.717) is 6.54 Å². The predicted octanol–water partition coefficient (Wildman–Crippen LogP) is 2.21. The van der Waals surface area contributed by atoms with Gasteiger partial charge in [0.1, 0.15) is 0 Å². The summed E-state index contributed by atoms with van der Waals surface area (Å²) in [6.45, 7) is 2.93. The molecule has 1 fully saturated rings. The molecule has 0 aliphatic carbocycles. The zero-order chi connectivity index (χ0) is 17.6. The summed E-state index contributed by atoms with van der Waals surface area (Å²) in [7, 11) is 0. The van der Waals surface area contributed by atoms with Gasteiger partial charge in [-0.3, -0.25) is 4.79 Å². The minimum absolute atomic E-state index is 0.00693. The van der Waals surface area contributed by atoms with Crippen molar-refractivity contribution in [1.29, 1.82) is 0 Å². The fourth-order valence-electron chi connectivity index (χ4n) is 2.86. The van der Waals surface area contributed by atoms with E-state index in [4.69, 9.17) is 0 Å². The van der Waals surface area contributed by atoms with Gasteiger partial charge in [0, 0.05) is 19.6 Å². The van der Waals surface area contributed by atoms with Crippen molar-refractivity contribution in [1.82, 2.24) is 10.2 Å². The van der Waals surface area contributed by atoms with Crippen molar-refractivity contribution in [2.75, 3.05) is 26.2 Å². The van der Waals surface area contributed by atoms with Crippen LogP contribution in [0.15, 0.2) is 24.3 Å². The molecule has 0 atom stereocenters. The van der Waals surface area contributed by atoms with Crippen LogP contribution in [0, 0.1) is 0 Å². The van der Waals surface area contributed by atoms with E-state index in [-0.39, 0.29) is 18.1 Å². The van der Waals surface area contributed by atoms with Crippen LogP contribution in [0.2, 0.25) is 0 Å². The number of nitrogens with one attached hydrogen (secondary N) is 1.